The second-order valence-electron chi connectivity index (χ2n) is 5.65. The van der Waals surface area contributed by atoms with E-state index in [0.29, 0.717) is 12.1 Å². The maximum Gasteiger partial charge on any atom is 0.165 e. The number of anilines is 1. The zero-order chi connectivity index (χ0) is 14.3. The van der Waals surface area contributed by atoms with Crippen LogP contribution in [0.4, 0.5) is 5.82 Å². The molecule has 3 heterocycles. The summed E-state index contributed by atoms with van der Waals surface area (Å²) in [6.45, 7) is 6.27. The van der Waals surface area contributed by atoms with E-state index < -0.39 is 0 Å². The van der Waals surface area contributed by atoms with Crippen LogP contribution in [0.5, 0.6) is 0 Å². The van der Waals surface area contributed by atoms with Gasteiger partial charge in [0.2, 0.25) is 0 Å². The van der Waals surface area contributed by atoms with Crippen LogP contribution in [-0.4, -0.2) is 57.1 Å². The molecule has 108 valence electrons. The Morgan fingerprint density at radius 1 is 1.30 bits per heavy atom. The maximum atomic E-state index is 4.52. The summed E-state index contributed by atoms with van der Waals surface area (Å²) in [6, 6.07) is 1.00. The highest BCUT2D eigenvalue weighted by molar-refractivity contribution is 5.83. The molecule has 0 spiro atoms. The molecule has 0 N–H and O–H groups in total. The molecule has 6 nitrogen and oxygen atoms in total. The molecule has 0 unspecified atom stereocenters. The molecule has 2 aromatic heterocycles. The second-order valence-corrected chi connectivity index (χ2v) is 5.65. The predicted octanol–water partition coefficient (Wildman–Crippen LogP) is 1.37. The van der Waals surface area contributed by atoms with E-state index in [1.165, 1.54) is 0 Å². The summed E-state index contributed by atoms with van der Waals surface area (Å²) in [6.07, 6.45) is 4.67. The molecule has 20 heavy (non-hydrogen) atoms. The van der Waals surface area contributed by atoms with Crippen molar-refractivity contribution in [2.75, 3.05) is 25.5 Å². The summed E-state index contributed by atoms with van der Waals surface area (Å²) in [5.74, 6) is 0.971. The third kappa shape index (κ3) is 1.95. The molecule has 2 aromatic rings. The van der Waals surface area contributed by atoms with Gasteiger partial charge in [-0.25, -0.2) is 15.0 Å². The van der Waals surface area contributed by atoms with Gasteiger partial charge in [-0.3, -0.25) is 0 Å². The van der Waals surface area contributed by atoms with Crippen LogP contribution in [0.15, 0.2) is 12.7 Å². The standard InChI is InChI=1S/C14H22N6/c1-5-19-9-17-12-13(19)15-8-16-14(12)20-7-6-11(10(20)2)18(3)4/h8-11H,5-7H2,1-4H3/t10-,11-/m1/s1. The van der Waals surface area contributed by atoms with Gasteiger partial charge in [0.05, 0.1) is 6.33 Å². The first-order valence-electron chi connectivity index (χ1n) is 7.22. The molecular formula is C14H22N6. The topological polar surface area (TPSA) is 50.1 Å². The number of nitrogens with zero attached hydrogens (tertiary/aromatic N) is 6. The minimum absolute atomic E-state index is 0.440. The summed E-state index contributed by atoms with van der Waals surface area (Å²) in [5, 5.41) is 0. The number of aryl methyl sites for hydroxylation is 1. The molecule has 0 aromatic carbocycles. The fraction of sp³-hybridized carbons (Fsp3) is 0.643. The van der Waals surface area contributed by atoms with Crippen LogP contribution in [0.1, 0.15) is 20.3 Å². The van der Waals surface area contributed by atoms with E-state index in [1.54, 1.807) is 6.33 Å². The molecule has 0 bridgehead atoms. The van der Waals surface area contributed by atoms with E-state index in [2.05, 4.69) is 57.3 Å². The molecule has 0 saturated carbocycles. The summed E-state index contributed by atoms with van der Waals surface area (Å²) in [4.78, 5) is 18.1. The van der Waals surface area contributed by atoms with Gasteiger partial charge in [-0.2, -0.15) is 0 Å². The van der Waals surface area contributed by atoms with E-state index in [-0.39, 0.29) is 0 Å². The Bertz CT molecular complexity index is 605. The highest BCUT2D eigenvalue weighted by Crippen LogP contribution is 2.30. The van der Waals surface area contributed by atoms with Crippen molar-refractivity contribution in [2.45, 2.75) is 38.9 Å². The summed E-state index contributed by atoms with van der Waals surface area (Å²) in [5.41, 5.74) is 1.85. The Morgan fingerprint density at radius 3 is 2.75 bits per heavy atom. The van der Waals surface area contributed by atoms with Crippen LogP contribution < -0.4 is 4.90 Å². The molecule has 0 amide bonds. The van der Waals surface area contributed by atoms with Crippen molar-refractivity contribution in [1.82, 2.24) is 24.4 Å². The van der Waals surface area contributed by atoms with Crippen molar-refractivity contribution in [3.8, 4) is 0 Å². The smallest absolute Gasteiger partial charge is 0.165 e. The van der Waals surface area contributed by atoms with Gasteiger partial charge in [0, 0.05) is 25.2 Å². The first-order valence-corrected chi connectivity index (χ1v) is 7.22. The molecule has 1 saturated heterocycles. The van der Waals surface area contributed by atoms with E-state index in [4.69, 9.17) is 0 Å². The normalized spacial score (nSPS) is 23.1. The van der Waals surface area contributed by atoms with Crippen LogP contribution in [0.3, 0.4) is 0 Å². The Balaban J connectivity index is 2.01. The van der Waals surface area contributed by atoms with Crippen molar-refractivity contribution < 1.29 is 0 Å². The molecule has 2 atom stereocenters. The van der Waals surface area contributed by atoms with Crippen LogP contribution in [0.25, 0.3) is 11.2 Å². The Hall–Kier alpha value is -1.69. The van der Waals surface area contributed by atoms with Crippen molar-refractivity contribution in [3.05, 3.63) is 12.7 Å². The lowest BCUT2D eigenvalue weighted by atomic mass is 10.1. The Kier molecular flexibility index (Phi) is 3.33. The first-order chi connectivity index (χ1) is 9.63. The molecule has 1 aliphatic heterocycles. The highest BCUT2D eigenvalue weighted by Gasteiger charge is 2.34. The number of hydrogen-bond acceptors (Lipinski definition) is 5. The van der Waals surface area contributed by atoms with Gasteiger partial charge in [-0.1, -0.05) is 0 Å². The van der Waals surface area contributed by atoms with Crippen LogP contribution in [0, 0.1) is 0 Å². The highest BCUT2D eigenvalue weighted by atomic mass is 15.3. The van der Waals surface area contributed by atoms with Gasteiger partial charge in [0.1, 0.15) is 6.33 Å². The van der Waals surface area contributed by atoms with Crippen LogP contribution >= 0.6 is 0 Å². The average Bonchev–Trinajstić information content (AvgIpc) is 3.01. The average molecular weight is 274 g/mol. The van der Waals surface area contributed by atoms with Gasteiger partial charge in [0.25, 0.3) is 0 Å². The Morgan fingerprint density at radius 2 is 2.10 bits per heavy atom. The molecule has 1 aliphatic rings. The van der Waals surface area contributed by atoms with Crippen LogP contribution in [0.2, 0.25) is 0 Å². The van der Waals surface area contributed by atoms with Gasteiger partial charge in [0.15, 0.2) is 17.0 Å². The maximum absolute atomic E-state index is 4.52. The van der Waals surface area contributed by atoms with Crippen molar-refractivity contribution in [2.24, 2.45) is 0 Å². The summed E-state index contributed by atoms with van der Waals surface area (Å²) >= 11 is 0. The van der Waals surface area contributed by atoms with Crippen LogP contribution in [-0.2, 0) is 6.54 Å². The van der Waals surface area contributed by atoms with E-state index in [0.717, 1.165) is 36.5 Å². The van der Waals surface area contributed by atoms with Gasteiger partial charge in [-0.05, 0) is 34.4 Å². The SMILES string of the molecule is CCn1cnc2c(N3CC[C@@H](N(C)C)[C@H]3C)ncnc21. The lowest BCUT2D eigenvalue weighted by molar-refractivity contribution is 0.283. The quantitative estimate of drug-likeness (QED) is 0.846. The van der Waals surface area contributed by atoms with Crippen molar-refractivity contribution in [3.63, 3.8) is 0 Å². The number of fused-ring (bicyclic) bond motifs is 1. The minimum Gasteiger partial charge on any atom is -0.350 e. The molecule has 1 fully saturated rings. The lowest BCUT2D eigenvalue weighted by Crippen LogP contribution is -2.40. The zero-order valence-electron chi connectivity index (χ0n) is 12.6. The van der Waals surface area contributed by atoms with E-state index in [1.807, 2.05) is 6.33 Å². The van der Waals surface area contributed by atoms with Gasteiger partial charge in [-0.15, -0.1) is 0 Å². The molecule has 3 rings (SSSR count). The van der Waals surface area contributed by atoms with Crippen molar-refractivity contribution >= 4 is 17.0 Å². The summed E-state index contributed by atoms with van der Waals surface area (Å²) < 4.78 is 2.06. The number of imidazole rings is 1. The van der Waals surface area contributed by atoms with Gasteiger partial charge >= 0.3 is 0 Å². The van der Waals surface area contributed by atoms with Crippen molar-refractivity contribution in [1.29, 1.82) is 0 Å². The fourth-order valence-corrected chi connectivity index (χ4v) is 3.22. The number of hydrogen-bond donors (Lipinski definition) is 0. The molecule has 0 radical (unpaired) electrons. The van der Waals surface area contributed by atoms with E-state index in [9.17, 15) is 0 Å². The minimum atomic E-state index is 0.440. The lowest BCUT2D eigenvalue weighted by Gasteiger charge is -2.29. The number of aromatic nitrogens is 4. The second kappa shape index (κ2) is 5.01. The molecular weight excluding hydrogens is 252 g/mol. The monoisotopic (exact) mass is 274 g/mol. The third-order valence-corrected chi connectivity index (χ3v) is 4.37. The largest absolute Gasteiger partial charge is 0.350 e. The predicted molar refractivity (Wildman–Crippen MR) is 79.9 cm³/mol. The zero-order valence-corrected chi connectivity index (χ0v) is 12.6. The molecule has 6 heteroatoms. The number of likely N-dealkylation sites (N-methyl/N-ethyl adjacent to an activating group) is 1. The van der Waals surface area contributed by atoms with E-state index >= 15 is 0 Å². The number of rotatable bonds is 3. The summed E-state index contributed by atoms with van der Waals surface area (Å²) in [7, 11) is 4.29. The third-order valence-electron chi connectivity index (χ3n) is 4.37. The fourth-order valence-electron chi connectivity index (χ4n) is 3.22. The first kappa shape index (κ1) is 13.3. The Labute approximate surface area is 119 Å². The molecule has 0 aliphatic carbocycles. The van der Waals surface area contributed by atoms with Gasteiger partial charge < -0.3 is 14.4 Å².